The SMILES string of the molecule is CC(C)(c1ccccc1)c1ccc(-c2cccc(-c3cccc(-c4cc[c-]c(-c5cc6ccccc6cn5)c4)c3)c2)cc1.[Ir]. The van der Waals surface area contributed by atoms with Gasteiger partial charge in [-0.2, -0.15) is 0 Å². The van der Waals surface area contributed by atoms with E-state index in [0.717, 1.165) is 22.2 Å². The van der Waals surface area contributed by atoms with E-state index in [0.29, 0.717) is 0 Å². The molecule has 6 aromatic carbocycles. The van der Waals surface area contributed by atoms with Crippen molar-refractivity contribution in [3.63, 3.8) is 0 Å². The minimum Gasteiger partial charge on any atom is -0.304 e. The van der Waals surface area contributed by atoms with Crippen molar-refractivity contribution in [2.75, 3.05) is 0 Å². The first-order valence-corrected chi connectivity index (χ1v) is 14.8. The summed E-state index contributed by atoms with van der Waals surface area (Å²) in [5, 5.41) is 2.33. The maximum Gasteiger partial charge on any atom is 0.0239 e. The Hall–Kier alpha value is -4.62. The zero-order valence-corrected chi connectivity index (χ0v) is 27.2. The topological polar surface area (TPSA) is 12.9 Å². The van der Waals surface area contributed by atoms with Gasteiger partial charge in [-0.3, -0.25) is 0 Å². The van der Waals surface area contributed by atoms with Gasteiger partial charge in [-0.1, -0.05) is 135 Å². The number of rotatable bonds is 6. The average molecular weight is 743 g/mol. The Morgan fingerprint density at radius 1 is 0.477 bits per heavy atom. The third-order valence-corrected chi connectivity index (χ3v) is 8.54. The molecule has 1 radical (unpaired) electrons. The smallest absolute Gasteiger partial charge is 0.0239 e. The molecule has 1 nitrogen and oxygen atoms in total. The molecule has 215 valence electrons. The Morgan fingerprint density at radius 2 is 1.02 bits per heavy atom. The summed E-state index contributed by atoms with van der Waals surface area (Å²) >= 11 is 0. The molecule has 0 fully saturated rings. The van der Waals surface area contributed by atoms with Crippen molar-refractivity contribution in [1.82, 2.24) is 4.98 Å². The Balaban J connectivity index is 0.00000343. The van der Waals surface area contributed by atoms with Crippen LogP contribution in [0.5, 0.6) is 0 Å². The Labute approximate surface area is 273 Å². The van der Waals surface area contributed by atoms with Crippen molar-refractivity contribution in [1.29, 1.82) is 0 Å². The van der Waals surface area contributed by atoms with Crippen molar-refractivity contribution >= 4 is 10.8 Å². The molecule has 0 spiro atoms. The summed E-state index contributed by atoms with van der Waals surface area (Å²) in [7, 11) is 0. The molecule has 0 aliphatic rings. The number of fused-ring (bicyclic) bond motifs is 1. The molecule has 0 aliphatic carbocycles. The van der Waals surface area contributed by atoms with E-state index in [2.05, 4.69) is 159 Å². The largest absolute Gasteiger partial charge is 0.304 e. The first-order chi connectivity index (χ1) is 21.0. The summed E-state index contributed by atoms with van der Waals surface area (Å²) in [6.07, 6.45) is 1.94. The van der Waals surface area contributed by atoms with Gasteiger partial charge in [-0.15, -0.1) is 35.4 Å². The maximum absolute atomic E-state index is 4.72. The molecule has 1 heterocycles. The Kier molecular flexibility index (Phi) is 8.40. The Bertz CT molecular complexity index is 2040. The fraction of sp³-hybridized carbons (Fsp3) is 0.0714. The van der Waals surface area contributed by atoms with Crippen molar-refractivity contribution in [2.45, 2.75) is 19.3 Å². The second kappa shape index (κ2) is 12.5. The number of hydrogen-bond acceptors (Lipinski definition) is 1. The summed E-state index contributed by atoms with van der Waals surface area (Å²) in [5.74, 6) is 0. The molecular formula is C42H32IrN-. The van der Waals surface area contributed by atoms with E-state index in [4.69, 9.17) is 4.98 Å². The molecule has 7 aromatic rings. The van der Waals surface area contributed by atoms with Crippen LogP contribution >= 0.6 is 0 Å². The number of nitrogens with zero attached hydrogens (tertiary/aromatic N) is 1. The molecule has 0 unspecified atom stereocenters. The molecule has 0 saturated heterocycles. The minimum atomic E-state index is -0.0541. The fourth-order valence-electron chi connectivity index (χ4n) is 5.88. The molecule has 7 rings (SSSR count). The van der Waals surface area contributed by atoms with Crippen LogP contribution in [0.25, 0.3) is 55.4 Å². The monoisotopic (exact) mass is 743 g/mol. The molecule has 0 aliphatic heterocycles. The van der Waals surface area contributed by atoms with Crippen LogP contribution in [0.1, 0.15) is 25.0 Å². The zero-order chi connectivity index (χ0) is 29.2. The van der Waals surface area contributed by atoms with E-state index < -0.39 is 0 Å². The van der Waals surface area contributed by atoms with Crippen LogP contribution in [0.4, 0.5) is 0 Å². The van der Waals surface area contributed by atoms with Crippen LogP contribution in [0.15, 0.2) is 158 Å². The van der Waals surface area contributed by atoms with Gasteiger partial charge in [0.25, 0.3) is 0 Å². The van der Waals surface area contributed by atoms with E-state index in [-0.39, 0.29) is 25.5 Å². The van der Waals surface area contributed by atoms with Crippen LogP contribution in [0.3, 0.4) is 0 Å². The van der Waals surface area contributed by atoms with Gasteiger partial charge in [0.15, 0.2) is 0 Å². The van der Waals surface area contributed by atoms with E-state index in [1.165, 1.54) is 44.3 Å². The molecule has 44 heavy (non-hydrogen) atoms. The Morgan fingerprint density at radius 3 is 1.68 bits per heavy atom. The van der Waals surface area contributed by atoms with Crippen LogP contribution in [-0.2, 0) is 25.5 Å². The van der Waals surface area contributed by atoms with Gasteiger partial charge in [-0.05, 0) is 67.5 Å². The maximum atomic E-state index is 4.72. The first kappa shape index (κ1) is 29.5. The predicted octanol–water partition coefficient (Wildman–Crippen LogP) is 11.0. The molecule has 2 heteroatoms. The third kappa shape index (κ3) is 5.92. The summed E-state index contributed by atoms with van der Waals surface area (Å²) in [6.45, 7) is 4.58. The second-order valence-electron chi connectivity index (χ2n) is 11.6. The first-order valence-electron chi connectivity index (χ1n) is 14.8. The quantitative estimate of drug-likeness (QED) is 0.155. The normalized spacial score (nSPS) is 11.2. The van der Waals surface area contributed by atoms with Gasteiger partial charge in [0.05, 0.1) is 0 Å². The summed E-state index contributed by atoms with van der Waals surface area (Å²) in [5.41, 5.74) is 11.7. The van der Waals surface area contributed by atoms with E-state index >= 15 is 0 Å². The van der Waals surface area contributed by atoms with Gasteiger partial charge < -0.3 is 4.98 Å². The second-order valence-corrected chi connectivity index (χ2v) is 11.6. The van der Waals surface area contributed by atoms with Gasteiger partial charge in [0.1, 0.15) is 0 Å². The van der Waals surface area contributed by atoms with Crippen molar-refractivity contribution in [2.24, 2.45) is 0 Å². The van der Waals surface area contributed by atoms with E-state index in [1.54, 1.807) is 0 Å². The van der Waals surface area contributed by atoms with Crippen LogP contribution in [0.2, 0.25) is 0 Å². The van der Waals surface area contributed by atoms with E-state index in [9.17, 15) is 0 Å². The number of hydrogen-bond donors (Lipinski definition) is 0. The van der Waals surface area contributed by atoms with Gasteiger partial charge in [-0.25, -0.2) is 0 Å². The van der Waals surface area contributed by atoms with Crippen LogP contribution in [-0.4, -0.2) is 4.98 Å². The fourth-order valence-corrected chi connectivity index (χ4v) is 5.88. The standard InChI is InChI=1S/C42H32N.Ir/c1-42(2,39-19-4-3-5-20-39)40-23-21-30(22-24-40)31-13-8-14-32(25-31)33-15-9-16-34(26-33)35-17-10-18-37(27-35)41-28-36-11-6-7-12-38(36)29-43-41;/h3-17,19-29H,1-2H3;/q-1;. The average Bonchev–Trinajstić information content (AvgIpc) is 3.09. The minimum absolute atomic E-state index is 0. The van der Waals surface area contributed by atoms with Gasteiger partial charge in [0.2, 0.25) is 0 Å². The molecule has 1 aromatic heterocycles. The molecular weight excluding hydrogens is 711 g/mol. The van der Waals surface area contributed by atoms with Crippen molar-refractivity contribution in [3.8, 4) is 44.6 Å². The van der Waals surface area contributed by atoms with Gasteiger partial charge in [0, 0.05) is 31.7 Å². The summed E-state index contributed by atoms with van der Waals surface area (Å²) < 4.78 is 0. The number of pyridine rings is 1. The molecule has 0 amide bonds. The zero-order valence-electron chi connectivity index (χ0n) is 24.8. The molecule has 0 N–H and O–H groups in total. The van der Waals surface area contributed by atoms with E-state index in [1.807, 2.05) is 18.3 Å². The van der Waals surface area contributed by atoms with Crippen molar-refractivity contribution in [3.05, 3.63) is 175 Å². The van der Waals surface area contributed by atoms with Crippen LogP contribution in [0, 0.1) is 6.07 Å². The molecule has 0 atom stereocenters. The summed E-state index contributed by atoms with van der Waals surface area (Å²) in [4.78, 5) is 4.72. The predicted molar refractivity (Wildman–Crippen MR) is 181 cm³/mol. The molecule has 0 bridgehead atoms. The number of benzene rings is 6. The van der Waals surface area contributed by atoms with Gasteiger partial charge >= 0.3 is 0 Å². The van der Waals surface area contributed by atoms with Crippen LogP contribution < -0.4 is 0 Å². The molecule has 0 saturated carbocycles. The summed E-state index contributed by atoms with van der Waals surface area (Å²) in [6, 6.07) is 57.5. The number of aromatic nitrogens is 1. The van der Waals surface area contributed by atoms with Crippen molar-refractivity contribution < 1.29 is 20.1 Å². The third-order valence-electron chi connectivity index (χ3n) is 8.54.